The number of anilines is 1. The zero-order valence-electron chi connectivity index (χ0n) is 10.7. The van der Waals surface area contributed by atoms with Crippen molar-refractivity contribution in [1.29, 1.82) is 0 Å². The van der Waals surface area contributed by atoms with Crippen LogP contribution in [-0.4, -0.2) is 14.2 Å². The van der Waals surface area contributed by atoms with Crippen molar-refractivity contribution < 1.29 is 8.42 Å². The second-order valence-corrected chi connectivity index (χ2v) is 7.43. The van der Waals surface area contributed by atoms with Crippen molar-refractivity contribution in [2.45, 2.75) is 39.0 Å². The van der Waals surface area contributed by atoms with Crippen molar-refractivity contribution in [1.82, 2.24) is 0 Å². The molecule has 0 atom stereocenters. The van der Waals surface area contributed by atoms with Crippen LogP contribution in [0.25, 0.3) is 0 Å². The highest BCUT2D eigenvalue weighted by Gasteiger charge is 2.35. The van der Waals surface area contributed by atoms with Gasteiger partial charge < -0.3 is 0 Å². The number of rotatable bonds is 1. The van der Waals surface area contributed by atoms with Crippen molar-refractivity contribution in [2.75, 3.05) is 10.5 Å². The molecule has 0 saturated heterocycles. The summed E-state index contributed by atoms with van der Waals surface area (Å²) in [5.41, 5.74) is 2.74. The zero-order valence-corrected chi connectivity index (χ0v) is 11.6. The summed E-state index contributed by atoms with van der Waals surface area (Å²) in [6.07, 6.45) is 0. The molecule has 0 aromatic heterocycles. The van der Waals surface area contributed by atoms with E-state index in [4.69, 9.17) is 0 Å². The second kappa shape index (κ2) is 3.73. The third-order valence-corrected chi connectivity index (χ3v) is 4.89. The number of benzene rings is 1. The maximum atomic E-state index is 11.7. The third-order valence-electron chi connectivity index (χ3n) is 3.26. The maximum Gasteiger partial charge on any atom is 0.233 e. The SMILES string of the molecule is CC(C)c1ccc2c(c1)C(C)(C)CS(=O)(=O)N2. The van der Waals surface area contributed by atoms with Crippen molar-refractivity contribution in [2.24, 2.45) is 0 Å². The summed E-state index contributed by atoms with van der Waals surface area (Å²) in [5, 5.41) is 0. The Labute approximate surface area is 103 Å². The smallest absolute Gasteiger partial charge is 0.233 e. The standard InChI is InChI=1S/C13H19NO2S/c1-9(2)10-5-6-12-11(7-10)13(3,4)8-17(15,16)14-12/h5-7,9,14H,8H2,1-4H3. The first-order valence-electron chi connectivity index (χ1n) is 5.86. The summed E-state index contributed by atoms with van der Waals surface area (Å²) in [4.78, 5) is 0. The number of hydrogen-bond donors (Lipinski definition) is 1. The van der Waals surface area contributed by atoms with Crippen LogP contribution in [0.3, 0.4) is 0 Å². The van der Waals surface area contributed by atoms with E-state index in [0.717, 1.165) is 11.3 Å². The second-order valence-electron chi connectivity index (χ2n) is 5.70. The van der Waals surface area contributed by atoms with E-state index in [0.29, 0.717) is 5.92 Å². The van der Waals surface area contributed by atoms with Crippen molar-refractivity contribution in [3.8, 4) is 0 Å². The molecule has 1 aliphatic heterocycles. The van der Waals surface area contributed by atoms with Crippen LogP contribution in [0.1, 0.15) is 44.7 Å². The average Bonchev–Trinajstić information content (AvgIpc) is 2.13. The molecule has 2 rings (SSSR count). The van der Waals surface area contributed by atoms with Gasteiger partial charge in [-0.05, 0) is 23.1 Å². The Balaban J connectivity index is 2.59. The van der Waals surface area contributed by atoms with Crippen LogP contribution in [0.4, 0.5) is 5.69 Å². The molecule has 1 N–H and O–H groups in total. The van der Waals surface area contributed by atoms with Gasteiger partial charge in [-0.2, -0.15) is 0 Å². The molecule has 0 bridgehead atoms. The lowest BCUT2D eigenvalue weighted by atomic mass is 9.83. The molecule has 0 fully saturated rings. The first kappa shape index (κ1) is 12.4. The highest BCUT2D eigenvalue weighted by atomic mass is 32.2. The highest BCUT2D eigenvalue weighted by Crippen LogP contribution is 2.37. The summed E-state index contributed by atoms with van der Waals surface area (Å²) in [6.45, 7) is 8.24. The molecular formula is C13H19NO2S. The molecule has 1 aromatic carbocycles. The maximum absolute atomic E-state index is 11.7. The van der Waals surface area contributed by atoms with Crippen molar-refractivity contribution in [3.05, 3.63) is 29.3 Å². The largest absolute Gasteiger partial charge is 0.283 e. The van der Waals surface area contributed by atoms with Crippen molar-refractivity contribution in [3.63, 3.8) is 0 Å². The molecule has 0 amide bonds. The predicted molar refractivity (Wildman–Crippen MR) is 71.0 cm³/mol. The topological polar surface area (TPSA) is 46.2 Å². The Hall–Kier alpha value is -1.03. The molecule has 0 aliphatic carbocycles. The molecule has 1 aromatic rings. The minimum Gasteiger partial charge on any atom is -0.283 e. The Bertz CT molecular complexity index is 545. The van der Waals surface area contributed by atoms with Gasteiger partial charge >= 0.3 is 0 Å². The normalized spacial score (nSPS) is 20.8. The molecule has 3 nitrogen and oxygen atoms in total. The molecule has 94 valence electrons. The Morgan fingerprint density at radius 1 is 1.29 bits per heavy atom. The fourth-order valence-corrected chi connectivity index (χ4v) is 4.02. The van der Waals surface area contributed by atoms with Crippen LogP contribution in [0.15, 0.2) is 18.2 Å². The number of nitrogens with one attached hydrogen (secondary N) is 1. The molecule has 0 spiro atoms. The lowest BCUT2D eigenvalue weighted by Gasteiger charge is -2.33. The van der Waals surface area contributed by atoms with E-state index >= 15 is 0 Å². The van der Waals surface area contributed by atoms with E-state index in [1.165, 1.54) is 5.56 Å². The molecule has 17 heavy (non-hydrogen) atoms. The van der Waals surface area contributed by atoms with Crippen LogP contribution in [-0.2, 0) is 15.4 Å². The van der Waals surface area contributed by atoms with E-state index in [1.54, 1.807) is 0 Å². The molecule has 0 saturated carbocycles. The summed E-state index contributed by atoms with van der Waals surface area (Å²) in [7, 11) is -3.19. The number of hydrogen-bond acceptors (Lipinski definition) is 2. The molecule has 4 heteroatoms. The Morgan fingerprint density at radius 2 is 1.94 bits per heavy atom. The lowest BCUT2D eigenvalue weighted by Crippen LogP contribution is -2.37. The van der Waals surface area contributed by atoms with E-state index in [1.807, 2.05) is 26.0 Å². The van der Waals surface area contributed by atoms with Crippen LogP contribution >= 0.6 is 0 Å². The lowest BCUT2D eigenvalue weighted by molar-refractivity contribution is 0.545. The van der Waals surface area contributed by atoms with E-state index in [-0.39, 0.29) is 11.2 Å². The monoisotopic (exact) mass is 253 g/mol. The van der Waals surface area contributed by atoms with Crippen molar-refractivity contribution >= 4 is 15.7 Å². The summed E-state index contributed by atoms with van der Waals surface area (Å²) in [6, 6.07) is 6.00. The Kier molecular flexibility index (Phi) is 2.73. The van der Waals surface area contributed by atoms with Gasteiger partial charge in [0.05, 0.1) is 11.4 Å². The summed E-state index contributed by atoms with van der Waals surface area (Å²) < 4.78 is 26.1. The quantitative estimate of drug-likeness (QED) is 0.836. The van der Waals surface area contributed by atoms with Crippen LogP contribution in [0.5, 0.6) is 0 Å². The van der Waals surface area contributed by atoms with Gasteiger partial charge in [0.1, 0.15) is 0 Å². The summed E-state index contributed by atoms with van der Waals surface area (Å²) >= 11 is 0. The van der Waals surface area contributed by atoms with Crippen LogP contribution < -0.4 is 4.72 Å². The first-order valence-corrected chi connectivity index (χ1v) is 7.51. The first-order chi connectivity index (χ1) is 7.71. The highest BCUT2D eigenvalue weighted by molar-refractivity contribution is 7.92. The third kappa shape index (κ3) is 2.32. The predicted octanol–water partition coefficient (Wildman–Crippen LogP) is 2.84. The number of sulfonamides is 1. The van der Waals surface area contributed by atoms with Crippen LogP contribution in [0.2, 0.25) is 0 Å². The van der Waals surface area contributed by atoms with Gasteiger partial charge in [-0.25, -0.2) is 8.42 Å². The molecule has 0 radical (unpaired) electrons. The fourth-order valence-electron chi connectivity index (χ4n) is 2.33. The van der Waals surface area contributed by atoms with Gasteiger partial charge in [0.15, 0.2) is 0 Å². The van der Waals surface area contributed by atoms with Gasteiger partial charge in [-0.3, -0.25) is 4.72 Å². The fraction of sp³-hybridized carbons (Fsp3) is 0.538. The van der Waals surface area contributed by atoms with E-state index in [2.05, 4.69) is 24.6 Å². The average molecular weight is 253 g/mol. The molecular weight excluding hydrogens is 234 g/mol. The van der Waals surface area contributed by atoms with E-state index in [9.17, 15) is 8.42 Å². The van der Waals surface area contributed by atoms with Gasteiger partial charge in [0.25, 0.3) is 0 Å². The van der Waals surface area contributed by atoms with Gasteiger partial charge in [0, 0.05) is 5.41 Å². The van der Waals surface area contributed by atoms with Gasteiger partial charge in [0.2, 0.25) is 10.0 Å². The van der Waals surface area contributed by atoms with Gasteiger partial charge in [-0.1, -0.05) is 39.8 Å². The summed E-state index contributed by atoms with van der Waals surface area (Å²) in [5.74, 6) is 0.601. The van der Waals surface area contributed by atoms with Gasteiger partial charge in [-0.15, -0.1) is 0 Å². The van der Waals surface area contributed by atoms with E-state index < -0.39 is 10.0 Å². The minimum atomic E-state index is -3.19. The van der Waals surface area contributed by atoms with Crippen LogP contribution in [0, 0.1) is 0 Å². The molecule has 1 aliphatic rings. The zero-order chi connectivity index (χ0) is 12.8. The Morgan fingerprint density at radius 3 is 2.53 bits per heavy atom. The number of fused-ring (bicyclic) bond motifs is 1. The molecule has 0 unspecified atom stereocenters. The minimum absolute atomic E-state index is 0.147. The molecule has 1 heterocycles.